The second-order valence-electron chi connectivity index (χ2n) is 5.05. The Bertz CT molecular complexity index is 384. The fourth-order valence-corrected chi connectivity index (χ4v) is 3.99. The summed E-state index contributed by atoms with van der Waals surface area (Å²) in [5.74, 6) is -0.264. The van der Waals surface area contributed by atoms with Gasteiger partial charge in [0, 0.05) is 25.6 Å². The van der Waals surface area contributed by atoms with Gasteiger partial charge in [-0.2, -0.15) is 13.2 Å². The van der Waals surface area contributed by atoms with Crippen LogP contribution in [0.25, 0.3) is 0 Å². The predicted molar refractivity (Wildman–Crippen MR) is 67.3 cm³/mol. The minimum absolute atomic E-state index is 0.163. The third-order valence-corrected chi connectivity index (χ3v) is 5.42. The summed E-state index contributed by atoms with van der Waals surface area (Å²) >= 11 is 0. The van der Waals surface area contributed by atoms with Crippen molar-refractivity contribution in [2.24, 2.45) is 5.92 Å². The number of alkyl halides is 3. The van der Waals surface area contributed by atoms with Gasteiger partial charge in [-0.15, -0.1) is 0 Å². The Morgan fingerprint density at radius 2 is 2.00 bits per heavy atom. The quantitative estimate of drug-likeness (QED) is 0.839. The number of nitrogens with one attached hydrogen (secondary N) is 1. The standard InChI is InChI=1S/C11H21F3N2O2S/c1-9-8-16(6-4-10(9)15-2)19(17,18)7-3-5-11(12,13)14/h9-10,15H,3-8H2,1-2H3. The van der Waals surface area contributed by atoms with Gasteiger partial charge < -0.3 is 5.32 Å². The van der Waals surface area contributed by atoms with Crippen LogP contribution in [0.3, 0.4) is 0 Å². The van der Waals surface area contributed by atoms with E-state index in [9.17, 15) is 21.6 Å². The van der Waals surface area contributed by atoms with Gasteiger partial charge in [0.05, 0.1) is 5.75 Å². The molecule has 0 spiro atoms. The molecule has 2 atom stereocenters. The maximum absolute atomic E-state index is 12.0. The lowest BCUT2D eigenvalue weighted by molar-refractivity contribution is -0.134. The zero-order valence-corrected chi connectivity index (χ0v) is 12.0. The van der Waals surface area contributed by atoms with Crippen LogP contribution in [0.15, 0.2) is 0 Å². The van der Waals surface area contributed by atoms with Crippen LogP contribution in [0.4, 0.5) is 13.2 Å². The van der Waals surface area contributed by atoms with E-state index in [1.807, 2.05) is 14.0 Å². The predicted octanol–water partition coefficient (Wildman–Crippen LogP) is 1.59. The topological polar surface area (TPSA) is 49.4 Å². The van der Waals surface area contributed by atoms with Gasteiger partial charge in [-0.1, -0.05) is 6.92 Å². The third kappa shape index (κ3) is 5.27. The van der Waals surface area contributed by atoms with Crippen LogP contribution in [0.5, 0.6) is 0 Å². The first-order valence-corrected chi connectivity index (χ1v) is 7.98. The van der Waals surface area contributed by atoms with E-state index in [0.717, 1.165) is 0 Å². The first-order valence-electron chi connectivity index (χ1n) is 6.37. The Morgan fingerprint density at radius 3 is 2.47 bits per heavy atom. The number of sulfonamides is 1. The number of hydrogen-bond donors (Lipinski definition) is 1. The molecule has 0 saturated carbocycles. The summed E-state index contributed by atoms with van der Waals surface area (Å²) in [4.78, 5) is 0. The molecule has 4 nitrogen and oxygen atoms in total. The summed E-state index contributed by atoms with van der Waals surface area (Å²) in [6.07, 6.45) is -5.01. The Morgan fingerprint density at radius 1 is 1.37 bits per heavy atom. The summed E-state index contributed by atoms with van der Waals surface area (Å²) in [6, 6.07) is 0.265. The van der Waals surface area contributed by atoms with Crippen LogP contribution in [0, 0.1) is 5.92 Å². The van der Waals surface area contributed by atoms with Crippen molar-refractivity contribution in [1.82, 2.24) is 9.62 Å². The van der Waals surface area contributed by atoms with Crippen molar-refractivity contribution in [2.45, 2.75) is 38.4 Å². The van der Waals surface area contributed by atoms with Crippen molar-refractivity contribution >= 4 is 10.0 Å². The molecule has 0 radical (unpaired) electrons. The molecule has 1 aliphatic heterocycles. The lowest BCUT2D eigenvalue weighted by Crippen LogP contribution is -2.49. The Hall–Kier alpha value is -0.340. The first kappa shape index (κ1) is 16.7. The number of rotatable bonds is 5. The van der Waals surface area contributed by atoms with Crippen LogP contribution in [0.2, 0.25) is 0 Å². The zero-order valence-electron chi connectivity index (χ0n) is 11.2. The molecule has 0 aromatic heterocycles. The zero-order chi connectivity index (χ0) is 14.7. The molecule has 8 heteroatoms. The van der Waals surface area contributed by atoms with Gasteiger partial charge >= 0.3 is 6.18 Å². The largest absolute Gasteiger partial charge is 0.389 e. The van der Waals surface area contributed by atoms with Crippen molar-refractivity contribution in [3.8, 4) is 0 Å². The maximum Gasteiger partial charge on any atom is 0.389 e. The number of piperidine rings is 1. The van der Waals surface area contributed by atoms with E-state index in [4.69, 9.17) is 0 Å². The molecule has 114 valence electrons. The van der Waals surface area contributed by atoms with E-state index in [0.29, 0.717) is 19.5 Å². The van der Waals surface area contributed by atoms with E-state index in [2.05, 4.69) is 5.32 Å². The fraction of sp³-hybridized carbons (Fsp3) is 1.00. The molecule has 1 heterocycles. The summed E-state index contributed by atoms with van der Waals surface area (Å²) in [5.41, 5.74) is 0. The molecule has 0 bridgehead atoms. The van der Waals surface area contributed by atoms with Gasteiger partial charge in [0.1, 0.15) is 0 Å². The average molecular weight is 302 g/mol. The monoisotopic (exact) mass is 302 g/mol. The highest BCUT2D eigenvalue weighted by Gasteiger charge is 2.33. The van der Waals surface area contributed by atoms with Gasteiger partial charge in [-0.05, 0) is 25.8 Å². The molecule has 0 amide bonds. The lowest BCUT2D eigenvalue weighted by atomic mass is 9.96. The minimum atomic E-state index is -4.29. The van der Waals surface area contributed by atoms with Gasteiger partial charge in [0.2, 0.25) is 10.0 Å². The summed E-state index contributed by atoms with van der Waals surface area (Å²) in [7, 11) is -1.74. The average Bonchev–Trinajstić information content (AvgIpc) is 2.26. The lowest BCUT2D eigenvalue weighted by Gasteiger charge is -2.36. The Kier molecular flexibility index (Phi) is 5.64. The van der Waals surface area contributed by atoms with Crippen molar-refractivity contribution in [3.05, 3.63) is 0 Å². The second kappa shape index (κ2) is 6.41. The first-order chi connectivity index (χ1) is 8.65. The van der Waals surface area contributed by atoms with Gasteiger partial charge in [-0.3, -0.25) is 0 Å². The van der Waals surface area contributed by atoms with E-state index in [1.165, 1.54) is 4.31 Å². The van der Waals surface area contributed by atoms with E-state index >= 15 is 0 Å². The van der Waals surface area contributed by atoms with Crippen LogP contribution < -0.4 is 5.32 Å². The SMILES string of the molecule is CNC1CCN(S(=O)(=O)CCCC(F)(F)F)CC1C. The van der Waals surface area contributed by atoms with Gasteiger partial charge in [0.25, 0.3) is 0 Å². The van der Waals surface area contributed by atoms with Crippen molar-refractivity contribution in [1.29, 1.82) is 0 Å². The van der Waals surface area contributed by atoms with Crippen LogP contribution in [-0.4, -0.2) is 50.8 Å². The van der Waals surface area contributed by atoms with E-state index in [-0.39, 0.29) is 18.4 Å². The molecule has 1 aliphatic rings. The molecule has 19 heavy (non-hydrogen) atoms. The van der Waals surface area contributed by atoms with E-state index < -0.39 is 28.4 Å². The molecule has 1 N–H and O–H groups in total. The normalized spacial score (nSPS) is 26.6. The molecule has 1 fully saturated rings. The summed E-state index contributed by atoms with van der Waals surface area (Å²) in [5, 5.41) is 3.12. The Balaban J connectivity index is 2.50. The smallest absolute Gasteiger partial charge is 0.317 e. The van der Waals surface area contributed by atoms with Crippen LogP contribution in [0.1, 0.15) is 26.2 Å². The second-order valence-corrected chi connectivity index (χ2v) is 7.14. The molecular weight excluding hydrogens is 281 g/mol. The molecule has 1 saturated heterocycles. The molecule has 0 aromatic carbocycles. The maximum atomic E-state index is 12.0. The molecule has 1 rings (SSSR count). The summed E-state index contributed by atoms with van der Waals surface area (Å²) < 4.78 is 61.3. The minimum Gasteiger partial charge on any atom is -0.317 e. The fourth-order valence-electron chi connectivity index (χ4n) is 2.37. The van der Waals surface area contributed by atoms with Crippen LogP contribution in [-0.2, 0) is 10.0 Å². The molecule has 2 unspecified atom stereocenters. The highest BCUT2D eigenvalue weighted by Crippen LogP contribution is 2.24. The van der Waals surface area contributed by atoms with Crippen molar-refractivity contribution < 1.29 is 21.6 Å². The molecule has 0 aliphatic carbocycles. The number of hydrogen-bond acceptors (Lipinski definition) is 3. The van der Waals surface area contributed by atoms with Crippen molar-refractivity contribution in [2.75, 3.05) is 25.9 Å². The van der Waals surface area contributed by atoms with Gasteiger partial charge in [-0.25, -0.2) is 12.7 Å². The Labute approximate surface area is 112 Å². The molecule has 0 aromatic rings. The molecular formula is C11H21F3N2O2S. The summed E-state index contributed by atoms with van der Waals surface area (Å²) in [6.45, 7) is 2.70. The van der Waals surface area contributed by atoms with Gasteiger partial charge in [0.15, 0.2) is 0 Å². The third-order valence-electron chi connectivity index (χ3n) is 3.49. The van der Waals surface area contributed by atoms with Crippen LogP contribution >= 0.6 is 0 Å². The number of halogens is 3. The highest BCUT2D eigenvalue weighted by molar-refractivity contribution is 7.89. The van der Waals surface area contributed by atoms with E-state index in [1.54, 1.807) is 0 Å². The van der Waals surface area contributed by atoms with Crippen molar-refractivity contribution in [3.63, 3.8) is 0 Å². The highest BCUT2D eigenvalue weighted by atomic mass is 32.2. The number of nitrogens with zero attached hydrogens (tertiary/aromatic N) is 1.